The summed E-state index contributed by atoms with van der Waals surface area (Å²) < 4.78 is 7.79. The van der Waals surface area contributed by atoms with E-state index in [9.17, 15) is 0 Å². The normalized spacial score (nSPS) is 18.6. The standard InChI is InChI=1S/C17H21ClN2O/c1-21-15-4-2-3-14-17(15)19-16(9-18)20(14)10-13(11-5-6-11)12-7-8-12/h2-4,11-13H,5-10H2,1H3. The highest BCUT2D eigenvalue weighted by molar-refractivity contribution is 6.16. The van der Waals surface area contributed by atoms with Crippen molar-refractivity contribution in [3.8, 4) is 5.75 Å². The third-order valence-electron chi connectivity index (χ3n) is 5.01. The van der Waals surface area contributed by atoms with Crippen LogP contribution in [-0.4, -0.2) is 16.7 Å². The maximum Gasteiger partial charge on any atom is 0.146 e. The van der Waals surface area contributed by atoms with E-state index in [0.717, 1.165) is 46.9 Å². The van der Waals surface area contributed by atoms with Gasteiger partial charge in [0.2, 0.25) is 0 Å². The number of fused-ring (bicyclic) bond motifs is 1. The number of ether oxygens (including phenoxy) is 1. The van der Waals surface area contributed by atoms with Crippen molar-refractivity contribution in [3.05, 3.63) is 24.0 Å². The van der Waals surface area contributed by atoms with Crippen LogP contribution in [0.1, 0.15) is 31.5 Å². The van der Waals surface area contributed by atoms with E-state index in [1.165, 1.54) is 25.7 Å². The van der Waals surface area contributed by atoms with Gasteiger partial charge in [0, 0.05) is 6.54 Å². The number of aromatic nitrogens is 2. The number of hydrogen-bond acceptors (Lipinski definition) is 2. The number of para-hydroxylation sites is 1. The molecule has 1 aromatic carbocycles. The summed E-state index contributed by atoms with van der Waals surface area (Å²) in [6.45, 7) is 1.07. The summed E-state index contributed by atoms with van der Waals surface area (Å²) in [7, 11) is 1.70. The molecule has 2 aliphatic carbocycles. The van der Waals surface area contributed by atoms with Crippen molar-refractivity contribution < 1.29 is 4.74 Å². The molecule has 112 valence electrons. The zero-order valence-electron chi connectivity index (χ0n) is 12.4. The van der Waals surface area contributed by atoms with Crippen LogP contribution in [0.3, 0.4) is 0 Å². The molecule has 0 amide bonds. The van der Waals surface area contributed by atoms with Crippen molar-refractivity contribution in [3.63, 3.8) is 0 Å². The zero-order chi connectivity index (χ0) is 14.4. The van der Waals surface area contributed by atoms with E-state index >= 15 is 0 Å². The molecule has 3 nitrogen and oxygen atoms in total. The van der Waals surface area contributed by atoms with Gasteiger partial charge in [0.25, 0.3) is 0 Å². The maximum absolute atomic E-state index is 6.15. The lowest BCUT2D eigenvalue weighted by molar-refractivity contribution is 0.350. The molecule has 0 unspecified atom stereocenters. The fourth-order valence-corrected chi connectivity index (χ4v) is 3.79. The van der Waals surface area contributed by atoms with Crippen molar-refractivity contribution in [1.29, 1.82) is 0 Å². The van der Waals surface area contributed by atoms with Crippen molar-refractivity contribution in [2.75, 3.05) is 7.11 Å². The fourth-order valence-electron chi connectivity index (χ4n) is 3.58. The van der Waals surface area contributed by atoms with Gasteiger partial charge >= 0.3 is 0 Å². The van der Waals surface area contributed by atoms with Gasteiger partial charge in [0.05, 0.1) is 18.5 Å². The highest BCUT2D eigenvalue weighted by Crippen LogP contribution is 2.50. The number of alkyl halides is 1. The first-order valence-electron chi connectivity index (χ1n) is 7.90. The van der Waals surface area contributed by atoms with Gasteiger partial charge in [0.15, 0.2) is 0 Å². The largest absolute Gasteiger partial charge is 0.494 e. The van der Waals surface area contributed by atoms with Gasteiger partial charge in [-0.05, 0) is 55.6 Å². The second-order valence-corrected chi connectivity index (χ2v) is 6.71. The van der Waals surface area contributed by atoms with Gasteiger partial charge in [-0.2, -0.15) is 0 Å². The second kappa shape index (κ2) is 5.20. The van der Waals surface area contributed by atoms with Crippen molar-refractivity contribution in [1.82, 2.24) is 9.55 Å². The number of methoxy groups -OCH3 is 1. The zero-order valence-corrected chi connectivity index (χ0v) is 13.1. The molecule has 1 heterocycles. The number of imidazole rings is 1. The fraction of sp³-hybridized carbons (Fsp3) is 0.588. The van der Waals surface area contributed by atoms with E-state index in [1.807, 2.05) is 12.1 Å². The number of rotatable bonds is 6. The molecule has 1 aromatic heterocycles. The second-order valence-electron chi connectivity index (χ2n) is 6.44. The first kappa shape index (κ1) is 13.4. The number of hydrogen-bond donors (Lipinski definition) is 0. The van der Waals surface area contributed by atoms with Crippen molar-refractivity contribution >= 4 is 22.6 Å². The summed E-state index contributed by atoms with van der Waals surface area (Å²) in [5.41, 5.74) is 2.11. The Balaban J connectivity index is 1.75. The highest BCUT2D eigenvalue weighted by Gasteiger charge is 2.41. The minimum Gasteiger partial charge on any atom is -0.494 e. The first-order chi connectivity index (χ1) is 10.3. The lowest BCUT2D eigenvalue weighted by Gasteiger charge is -2.18. The Hall–Kier alpha value is -1.22. The average molecular weight is 305 g/mol. The molecule has 2 aliphatic rings. The topological polar surface area (TPSA) is 27.1 Å². The molecule has 0 N–H and O–H groups in total. The van der Waals surface area contributed by atoms with Gasteiger partial charge < -0.3 is 9.30 Å². The number of benzene rings is 1. The van der Waals surface area contributed by atoms with E-state index in [2.05, 4.69) is 10.6 Å². The Morgan fingerprint density at radius 3 is 2.57 bits per heavy atom. The minimum atomic E-state index is 0.458. The molecule has 0 aliphatic heterocycles. The summed E-state index contributed by atoms with van der Waals surface area (Å²) in [6, 6.07) is 6.15. The van der Waals surface area contributed by atoms with E-state index in [0.29, 0.717) is 5.88 Å². The van der Waals surface area contributed by atoms with Crippen LogP contribution in [0.5, 0.6) is 5.75 Å². The molecule has 2 fully saturated rings. The van der Waals surface area contributed by atoms with Gasteiger partial charge in [-0.1, -0.05) is 6.07 Å². The van der Waals surface area contributed by atoms with Gasteiger partial charge in [0.1, 0.15) is 17.1 Å². The SMILES string of the molecule is COc1cccc2c1nc(CCl)n2CC(C1CC1)C1CC1. The van der Waals surface area contributed by atoms with Crippen LogP contribution in [0.4, 0.5) is 0 Å². The molecule has 4 heteroatoms. The number of halogens is 1. The van der Waals surface area contributed by atoms with Crippen LogP contribution in [0.15, 0.2) is 18.2 Å². The third kappa shape index (κ3) is 2.42. The van der Waals surface area contributed by atoms with Crippen molar-refractivity contribution in [2.24, 2.45) is 17.8 Å². The maximum atomic E-state index is 6.15. The van der Waals surface area contributed by atoms with E-state index in [-0.39, 0.29) is 0 Å². The smallest absolute Gasteiger partial charge is 0.146 e. The third-order valence-corrected chi connectivity index (χ3v) is 5.25. The Kier molecular flexibility index (Phi) is 3.33. The highest BCUT2D eigenvalue weighted by atomic mass is 35.5. The molecular formula is C17H21ClN2O. The monoisotopic (exact) mass is 304 g/mol. The van der Waals surface area contributed by atoms with E-state index in [1.54, 1.807) is 7.11 Å². The summed E-state index contributed by atoms with van der Waals surface area (Å²) in [5.74, 6) is 4.96. The molecule has 21 heavy (non-hydrogen) atoms. The van der Waals surface area contributed by atoms with Gasteiger partial charge in [-0.25, -0.2) is 4.98 Å². The minimum absolute atomic E-state index is 0.458. The van der Waals surface area contributed by atoms with Gasteiger partial charge in [-0.15, -0.1) is 11.6 Å². The molecule has 0 radical (unpaired) electrons. The predicted octanol–water partition coefficient (Wildman–Crippen LogP) is 4.22. The molecule has 4 rings (SSSR count). The van der Waals surface area contributed by atoms with Gasteiger partial charge in [-0.3, -0.25) is 0 Å². The van der Waals surface area contributed by atoms with E-state index in [4.69, 9.17) is 21.3 Å². The van der Waals surface area contributed by atoms with Crippen molar-refractivity contribution in [2.45, 2.75) is 38.1 Å². The quantitative estimate of drug-likeness (QED) is 0.747. The number of nitrogens with zero attached hydrogens (tertiary/aromatic N) is 2. The average Bonchev–Trinajstić information content (AvgIpc) is 3.41. The molecule has 2 aromatic rings. The lowest BCUT2D eigenvalue weighted by Crippen LogP contribution is -2.16. The molecule has 0 bridgehead atoms. The summed E-state index contributed by atoms with van der Waals surface area (Å²) in [6.07, 6.45) is 5.64. The molecule has 2 saturated carbocycles. The van der Waals surface area contributed by atoms with Crippen LogP contribution < -0.4 is 4.74 Å². The van der Waals surface area contributed by atoms with Crippen LogP contribution in [0.25, 0.3) is 11.0 Å². The molecule has 0 saturated heterocycles. The molecular weight excluding hydrogens is 284 g/mol. The lowest BCUT2D eigenvalue weighted by atomic mass is 9.98. The van der Waals surface area contributed by atoms with Crippen LogP contribution in [-0.2, 0) is 12.4 Å². The van der Waals surface area contributed by atoms with Crippen LogP contribution in [0.2, 0.25) is 0 Å². The summed E-state index contributed by atoms with van der Waals surface area (Å²) in [5, 5.41) is 0. The van der Waals surface area contributed by atoms with Crippen LogP contribution in [0, 0.1) is 17.8 Å². The Morgan fingerprint density at radius 2 is 2.00 bits per heavy atom. The Morgan fingerprint density at radius 1 is 1.29 bits per heavy atom. The summed E-state index contributed by atoms with van der Waals surface area (Å²) >= 11 is 6.15. The van der Waals surface area contributed by atoms with E-state index < -0.39 is 0 Å². The molecule has 0 spiro atoms. The Labute approximate surface area is 130 Å². The van der Waals surface area contributed by atoms with Crippen LogP contribution >= 0.6 is 11.6 Å². The Bertz CT molecular complexity index is 646. The first-order valence-corrected chi connectivity index (χ1v) is 8.43. The molecule has 0 atom stereocenters. The predicted molar refractivity (Wildman–Crippen MR) is 84.8 cm³/mol. The summed E-state index contributed by atoms with van der Waals surface area (Å²) in [4.78, 5) is 4.72.